The van der Waals surface area contributed by atoms with Crippen molar-refractivity contribution >= 4 is 8.03 Å². The van der Waals surface area contributed by atoms with Crippen LogP contribution in [0.1, 0.15) is 0 Å². The fourth-order valence-corrected chi connectivity index (χ4v) is 0.441. The van der Waals surface area contributed by atoms with Crippen LogP contribution in [0.2, 0.25) is 0 Å². The highest BCUT2D eigenvalue weighted by Gasteiger charge is 1.83. The van der Waals surface area contributed by atoms with Gasteiger partial charge in [-0.05, 0) is 6.08 Å². The van der Waals surface area contributed by atoms with Crippen molar-refractivity contribution in [3.8, 4) is 0 Å². The Bertz CT molecular complexity index is 90.9. The van der Waals surface area contributed by atoms with Crippen molar-refractivity contribution in [2.24, 2.45) is 5.73 Å². The predicted molar refractivity (Wildman–Crippen MR) is 25.8 cm³/mol. The van der Waals surface area contributed by atoms with E-state index in [9.17, 15) is 9.46 Å². The van der Waals surface area contributed by atoms with Crippen molar-refractivity contribution in [3.63, 3.8) is 0 Å². The lowest BCUT2D eigenvalue weighted by Gasteiger charge is -1.72. The van der Waals surface area contributed by atoms with Gasteiger partial charge in [0.15, 0.2) is 0 Å². The van der Waals surface area contributed by atoms with Crippen LogP contribution < -0.4 is 10.6 Å². The first-order valence-electron chi connectivity index (χ1n) is 1.77. The SMILES string of the molecule is NC/C=C/[P+](=O)[O-]. The third-order valence-corrected chi connectivity index (χ3v) is 0.817. The summed E-state index contributed by atoms with van der Waals surface area (Å²) in [6.07, 6.45) is 1.38. The first-order valence-corrected chi connectivity index (χ1v) is 3.02. The Morgan fingerprint density at radius 3 is 2.57 bits per heavy atom. The van der Waals surface area contributed by atoms with Crippen LogP contribution >= 0.6 is 8.03 Å². The van der Waals surface area contributed by atoms with Gasteiger partial charge in [0, 0.05) is 6.54 Å². The fraction of sp³-hybridized carbons (Fsp3) is 0.333. The quantitative estimate of drug-likeness (QED) is 0.501. The molecule has 0 rings (SSSR count). The molecule has 0 fully saturated rings. The molecule has 0 radical (unpaired) electrons. The highest BCUT2D eigenvalue weighted by molar-refractivity contribution is 7.40. The van der Waals surface area contributed by atoms with Crippen molar-refractivity contribution in [3.05, 3.63) is 11.9 Å². The summed E-state index contributed by atoms with van der Waals surface area (Å²) in [6, 6.07) is 0. The van der Waals surface area contributed by atoms with E-state index < -0.39 is 8.03 Å². The lowest BCUT2D eigenvalue weighted by molar-refractivity contribution is -0.161. The van der Waals surface area contributed by atoms with Crippen LogP contribution in [-0.2, 0) is 4.57 Å². The summed E-state index contributed by atoms with van der Waals surface area (Å²) in [5.74, 6) is 1.05. The van der Waals surface area contributed by atoms with E-state index in [1.165, 1.54) is 6.08 Å². The summed E-state index contributed by atoms with van der Waals surface area (Å²) < 4.78 is 9.65. The highest BCUT2D eigenvalue weighted by atomic mass is 31.1. The number of hydrogen-bond donors (Lipinski definition) is 1. The molecule has 0 aromatic rings. The molecule has 3 nitrogen and oxygen atoms in total. The van der Waals surface area contributed by atoms with Crippen LogP contribution in [-0.4, -0.2) is 6.54 Å². The molecule has 4 heteroatoms. The van der Waals surface area contributed by atoms with Crippen LogP contribution in [0.3, 0.4) is 0 Å². The molecule has 2 N–H and O–H groups in total. The van der Waals surface area contributed by atoms with Gasteiger partial charge in [-0.2, -0.15) is 0 Å². The highest BCUT2D eigenvalue weighted by Crippen LogP contribution is 2.05. The molecule has 0 aromatic carbocycles. The molecule has 40 valence electrons. The van der Waals surface area contributed by atoms with E-state index in [0.29, 0.717) is 0 Å². The fourth-order valence-electron chi connectivity index (χ4n) is 0.147. The Kier molecular flexibility index (Phi) is 3.80. The lowest BCUT2D eigenvalue weighted by atomic mass is 10.7. The minimum absolute atomic E-state index is 0.281. The molecule has 0 aliphatic rings. The average Bonchev–Trinajstić information content (AvgIpc) is 1.61. The Balaban J connectivity index is 3.26. The molecule has 0 aliphatic heterocycles. The van der Waals surface area contributed by atoms with Crippen molar-refractivity contribution in [2.75, 3.05) is 6.54 Å². The van der Waals surface area contributed by atoms with Crippen LogP contribution in [0.4, 0.5) is 0 Å². The van der Waals surface area contributed by atoms with E-state index in [1.54, 1.807) is 0 Å². The van der Waals surface area contributed by atoms with Gasteiger partial charge in [0.25, 0.3) is 0 Å². The molecule has 7 heavy (non-hydrogen) atoms. The number of nitrogens with two attached hydrogens (primary N) is 1. The van der Waals surface area contributed by atoms with Gasteiger partial charge in [0.05, 0.1) is 0 Å². The first kappa shape index (κ1) is 6.76. The summed E-state index contributed by atoms with van der Waals surface area (Å²) in [7, 11) is -2.37. The van der Waals surface area contributed by atoms with Crippen molar-refractivity contribution in [2.45, 2.75) is 0 Å². The zero-order valence-corrected chi connectivity index (χ0v) is 4.60. The van der Waals surface area contributed by atoms with Crippen LogP contribution in [0.25, 0.3) is 0 Å². The second kappa shape index (κ2) is 3.93. The van der Waals surface area contributed by atoms with Gasteiger partial charge < -0.3 is 10.6 Å². The summed E-state index contributed by atoms with van der Waals surface area (Å²) in [5, 5.41) is 0. The molecule has 0 saturated heterocycles. The third-order valence-electron chi connectivity index (χ3n) is 0.363. The summed E-state index contributed by atoms with van der Waals surface area (Å²) in [6.45, 7) is 0.281. The number of hydrogen-bond acceptors (Lipinski definition) is 3. The largest absolute Gasteiger partial charge is 0.591 e. The maximum absolute atomic E-state index is 9.65. The van der Waals surface area contributed by atoms with Gasteiger partial charge in [-0.25, -0.2) is 0 Å². The van der Waals surface area contributed by atoms with Crippen LogP contribution in [0, 0.1) is 0 Å². The third kappa shape index (κ3) is 5.76. The molecule has 0 bridgehead atoms. The van der Waals surface area contributed by atoms with Gasteiger partial charge >= 0.3 is 8.03 Å². The van der Waals surface area contributed by atoms with E-state index in [1.807, 2.05) is 0 Å². The van der Waals surface area contributed by atoms with E-state index in [-0.39, 0.29) is 6.54 Å². The van der Waals surface area contributed by atoms with Crippen LogP contribution in [0.5, 0.6) is 0 Å². The standard InChI is InChI=1S/C3H6NO2P/c4-2-1-3-7(5)6/h1,3H,2,4H2/b3-1+. The maximum atomic E-state index is 9.65. The Labute approximate surface area is 42.7 Å². The van der Waals surface area contributed by atoms with E-state index in [4.69, 9.17) is 5.73 Å². The Morgan fingerprint density at radius 1 is 1.86 bits per heavy atom. The minimum atomic E-state index is -2.37. The monoisotopic (exact) mass is 119 g/mol. The summed E-state index contributed by atoms with van der Waals surface area (Å²) in [4.78, 5) is 9.65. The molecule has 0 aliphatic carbocycles. The molecule has 0 heterocycles. The summed E-state index contributed by atoms with van der Waals surface area (Å²) >= 11 is 0. The van der Waals surface area contributed by atoms with Crippen molar-refractivity contribution in [1.29, 1.82) is 0 Å². The second-order valence-electron chi connectivity index (χ2n) is 0.906. The number of rotatable bonds is 2. The minimum Gasteiger partial charge on any atom is -0.591 e. The normalized spacial score (nSPS) is 12.6. The Morgan fingerprint density at radius 2 is 2.43 bits per heavy atom. The maximum Gasteiger partial charge on any atom is 0.340 e. The zero-order chi connectivity index (χ0) is 5.70. The smallest absolute Gasteiger partial charge is 0.340 e. The molecule has 0 amide bonds. The van der Waals surface area contributed by atoms with E-state index in [2.05, 4.69) is 0 Å². The molecule has 0 aromatic heterocycles. The van der Waals surface area contributed by atoms with Crippen molar-refractivity contribution < 1.29 is 9.46 Å². The molecule has 1 atom stereocenters. The second-order valence-corrected chi connectivity index (χ2v) is 1.77. The molecule has 0 saturated carbocycles. The molecular formula is C3H6NO2P. The van der Waals surface area contributed by atoms with Gasteiger partial charge in [-0.15, -0.1) is 0 Å². The van der Waals surface area contributed by atoms with Gasteiger partial charge in [0.2, 0.25) is 0 Å². The predicted octanol–water partition coefficient (Wildman–Crippen LogP) is -0.439. The lowest BCUT2D eigenvalue weighted by Crippen LogP contribution is -1.92. The first-order chi connectivity index (χ1) is 3.27. The van der Waals surface area contributed by atoms with E-state index in [0.717, 1.165) is 5.82 Å². The van der Waals surface area contributed by atoms with Gasteiger partial charge in [-0.1, -0.05) is 4.57 Å². The zero-order valence-electron chi connectivity index (χ0n) is 3.70. The van der Waals surface area contributed by atoms with Crippen LogP contribution in [0.15, 0.2) is 11.9 Å². The summed E-state index contributed by atoms with van der Waals surface area (Å²) in [5.41, 5.74) is 4.92. The van der Waals surface area contributed by atoms with E-state index >= 15 is 0 Å². The van der Waals surface area contributed by atoms with Crippen molar-refractivity contribution in [1.82, 2.24) is 0 Å². The molecule has 1 unspecified atom stereocenters. The van der Waals surface area contributed by atoms with Gasteiger partial charge in [-0.3, -0.25) is 0 Å². The molecule has 0 spiro atoms. The van der Waals surface area contributed by atoms with Gasteiger partial charge in [0.1, 0.15) is 5.82 Å². The Hall–Kier alpha value is -0.240. The molecular weight excluding hydrogens is 113 g/mol. The topological polar surface area (TPSA) is 66.2 Å². The average molecular weight is 119 g/mol.